The number of carbonyl (C=O) groups excluding carboxylic acids is 1. The van der Waals surface area contributed by atoms with Crippen LogP contribution in [0.4, 0.5) is 17.1 Å². The van der Waals surface area contributed by atoms with Crippen molar-refractivity contribution in [3.05, 3.63) is 63.5 Å². The summed E-state index contributed by atoms with van der Waals surface area (Å²) in [6.07, 6.45) is -1.69. The summed E-state index contributed by atoms with van der Waals surface area (Å²) >= 11 is 0. The molecule has 1 aliphatic rings. The van der Waals surface area contributed by atoms with Gasteiger partial charge in [-0.2, -0.15) is 0 Å². The zero-order valence-corrected chi connectivity index (χ0v) is 13.9. The molecule has 0 aliphatic carbocycles. The van der Waals surface area contributed by atoms with E-state index in [2.05, 4.69) is 10.6 Å². The number of nitrogens with one attached hydrogen (secondary N) is 2. The van der Waals surface area contributed by atoms with Gasteiger partial charge in [-0.3, -0.25) is 14.9 Å². The minimum Gasteiger partial charge on any atom is -0.872 e. The second-order valence-corrected chi connectivity index (χ2v) is 5.64. The summed E-state index contributed by atoms with van der Waals surface area (Å²) in [6.45, 7) is 0. The van der Waals surface area contributed by atoms with Crippen LogP contribution >= 0.6 is 0 Å². The SMILES string of the molecule is COc1cc(C(O)C([O-])=C2Nc3ccc([N+](=O)[O-])cc3NC2=O)ccc1O. The Bertz CT molecular complexity index is 971. The van der Waals surface area contributed by atoms with Gasteiger partial charge in [-0.1, -0.05) is 11.8 Å². The highest BCUT2D eigenvalue weighted by molar-refractivity contribution is 6.11. The highest BCUT2D eigenvalue weighted by Gasteiger charge is 2.24. The molecule has 0 saturated heterocycles. The smallest absolute Gasteiger partial charge is 0.271 e. The third kappa shape index (κ3) is 3.33. The number of benzene rings is 2. The topological polar surface area (TPSA) is 157 Å². The number of nitro benzene ring substituents is 1. The number of non-ortho nitro benzene ring substituents is 1. The van der Waals surface area contributed by atoms with Crippen LogP contribution in [0.15, 0.2) is 47.9 Å². The molecular weight excluding hydrogens is 358 g/mol. The summed E-state index contributed by atoms with van der Waals surface area (Å²) in [5.41, 5.74) is -0.102. The van der Waals surface area contributed by atoms with Crippen molar-refractivity contribution in [3.8, 4) is 11.5 Å². The Kier molecular flexibility index (Phi) is 4.57. The predicted octanol–water partition coefficient (Wildman–Crippen LogP) is 0.978. The van der Waals surface area contributed by atoms with Crippen LogP contribution in [0.1, 0.15) is 11.7 Å². The molecule has 3 rings (SSSR count). The van der Waals surface area contributed by atoms with Crippen LogP contribution in [0.3, 0.4) is 0 Å². The number of anilines is 2. The maximum atomic E-state index is 12.6. The summed E-state index contributed by atoms with van der Waals surface area (Å²) in [4.78, 5) is 22.4. The van der Waals surface area contributed by atoms with Gasteiger partial charge in [0, 0.05) is 12.1 Å². The number of aromatic hydroxyl groups is 1. The molecule has 140 valence electrons. The second-order valence-electron chi connectivity index (χ2n) is 5.64. The number of hydrogen-bond acceptors (Lipinski definition) is 8. The maximum Gasteiger partial charge on any atom is 0.271 e. The first-order valence-electron chi connectivity index (χ1n) is 7.64. The van der Waals surface area contributed by atoms with Crippen LogP contribution < -0.4 is 20.5 Å². The van der Waals surface area contributed by atoms with Gasteiger partial charge in [0.15, 0.2) is 11.5 Å². The predicted molar refractivity (Wildman–Crippen MR) is 92.0 cm³/mol. The van der Waals surface area contributed by atoms with Crippen LogP contribution in [0.25, 0.3) is 0 Å². The molecule has 0 aromatic heterocycles. The molecule has 4 N–H and O–H groups in total. The van der Waals surface area contributed by atoms with Gasteiger partial charge in [0.1, 0.15) is 0 Å². The Labute approximate surface area is 152 Å². The van der Waals surface area contributed by atoms with Crippen LogP contribution in [-0.4, -0.2) is 28.2 Å². The Balaban J connectivity index is 1.95. The van der Waals surface area contributed by atoms with E-state index in [0.717, 1.165) is 6.07 Å². The molecule has 1 heterocycles. The second kappa shape index (κ2) is 6.84. The van der Waals surface area contributed by atoms with E-state index in [4.69, 9.17) is 4.74 Å². The number of amides is 1. The first-order valence-corrected chi connectivity index (χ1v) is 7.64. The van der Waals surface area contributed by atoms with E-state index in [-0.39, 0.29) is 34.1 Å². The van der Waals surface area contributed by atoms with Crippen molar-refractivity contribution >= 4 is 23.0 Å². The molecule has 1 atom stereocenters. The lowest BCUT2D eigenvalue weighted by atomic mass is 10.0. The normalized spacial score (nSPS) is 15.9. The monoisotopic (exact) mass is 372 g/mol. The van der Waals surface area contributed by atoms with Gasteiger partial charge in [-0.15, -0.1) is 0 Å². The zero-order chi connectivity index (χ0) is 19.7. The summed E-state index contributed by atoms with van der Waals surface area (Å²) in [5, 5.41) is 48.3. The number of rotatable bonds is 4. The molecule has 10 heteroatoms. The van der Waals surface area contributed by atoms with Gasteiger partial charge in [-0.05, 0) is 23.8 Å². The minimum atomic E-state index is -1.69. The molecule has 0 fully saturated rings. The third-order valence-corrected chi connectivity index (χ3v) is 3.96. The molecular formula is C17H14N3O7-. The van der Waals surface area contributed by atoms with E-state index >= 15 is 0 Å². The molecule has 1 unspecified atom stereocenters. The molecule has 1 aliphatic heterocycles. The number of aliphatic hydroxyl groups excluding tert-OH is 1. The van der Waals surface area contributed by atoms with Crippen molar-refractivity contribution < 1.29 is 29.8 Å². The first kappa shape index (κ1) is 18.0. The molecule has 0 bridgehead atoms. The molecule has 2 aromatic rings. The number of ether oxygens (including phenoxy) is 1. The Morgan fingerprint density at radius 1 is 1.19 bits per heavy atom. The van der Waals surface area contributed by atoms with Crippen molar-refractivity contribution in [2.45, 2.75) is 6.10 Å². The lowest BCUT2D eigenvalue weighted by Gasteiger charge is -2.28. The summed E-state index contributed by atoms with van der Waals surface area (Å²) in [7, 11) is 1.31. The number of nitrogens with zero attached hydrogens (tertiary/aromatic N) is 1. The lowest BCUT2D eigenvalue weighted by molar-refractivity contribution is -0.384. The van der Waals surface area contributed by atoms with Crippen LogP contribution in [0, 0.1) is 10.1 Å². The van der Waals surface area contributed by atoms with Gasteiger partial charge in [0.05, 0.1) is 35.2 Å². The van der Waals surface area contributed by atoms with Crippen LogP contribution in [-0.2, 0) is 4.79 Å². The van der Waals surface area contributed by atoms with Crippen molar-refractivity contribution in [1.82, 2.24) is 0 Å². The molecule has 10 nitrogen and oxygen atoms in total. The largest absolute Gasteiger partial charge is 0.872 e. The van der Waals surface area contributed by atoms with Gasteiger partial charge in [0.2, 0.25) is 0 Å². The third-order valence-electron chi connectivity index (χ3n) is 3.96. The van der Waals surface area contributed by atoms with Gasteiger partial charge in [-0.25, -0.2) is 0 Å². The molecule has 1 amide bonds. The molecule has 27 heavy (non-hydrogen) atoms. The van der Waals surface area contributed by atoms with Gasteiger partial charge < -0.3 is 30.7 Å². The van der Waals surface area contributed by atoms with Crippen LogP contribution in [0.2, 0.25) is 0 Å². The van der Waals surface area contributed by atoms with Crippen molar-refractivity contribution in [2.75, 3.05) is 17.7 Å². The standard InChI is InChI=1S/C17H15N3O7/c1-27-13-6-8(2-5-12(13)21)15(22)16(23)14-17(24)19-11-7-9(20(25)26)3-4-10(11)18-14/h2-7,15,18,21-23H,1H3,(H,19,24)/p-1. The molecule has 0 spiro atoms. The number of carbonyl (C=O) groups is 1. The molecule has 0 radical (unpaired) electrons. The fourth-order valence-corrected chi connectivity index (χ4v) is 2.56. The Hall–Kier alpha value is -3.79. The number of phenols is 1. The highest BCUT2D eigenvalue weighted by atomic mass is 16.6. The lowest BCUT2D eigenvalue weighted by Crippen LogP contribution is -2.31. The summed E-state index contributed by atoms with van der Waals surface area (Å²) < 4.78 is 4.93. The van der Waals surface area contributed by atoms with Gasteiger partial charge in [0.25, 0.3) is 11.6 Å². The summed E-state index contributed by atoms with van der Waals surface area (Å²) in [5.74, 6) is -1.86. The number of fused-ring (bicyclic) bond motifs is 1. The quantitative estimate of drug-likeness (QED) is 0.268. The van der Waals surface area contributed by atoms with E-state index in [9.17, 15) is 30.2 Å². The highest BCUT2D eigenvalue weighted by Crippen LogP contribution is 2.35. The van der Waals surface area contributed by atoms with Crippen molar-refractivity contribution in [3.63, 3.8) is 0 Å². The number of aliphatic hydroxyl groups is 1. The number of hydrogen-bond donors (Lipinski definition) is 4. The van der Waals surface area contributed by atoms with Crippen molar-refractivity contribution in [1.29, 1.82) is 0 Å². The Morgan fingerprint density at radius 2 is 1.93 bits per heavy atom. The number of phenolic OH excluding ortho intramolecular Hbond substituents is 1. The van der Waals surface area contributed by atoms with E-state index in [0.29, 0.717) is 0 Å². The fourth-order valence-electron chi connectivity index (χ4n) is 2.56. The van der Waals surface area contributed by atoms with E-state index in [1.807, 2.05) is 0 Å². The van der Waals surface area contributed by atoms with E-state index in [1.54, 1.807) is 0 Å². The average Bonchev–Trinajstić information content (AvgIpc) is 2.66. The van der Waals surface area contributed by atoms with E-state index in [1.165, 1.54) is 37.4 Å². The minimum absolute atomic E-state index is 0.0584. The zero-order valence-electron chi connectivity index (χ0n) is 13.9. The fraction of sp³-hybridized carbons (Fsp3) is 0.118. The molecule has 2 aromatic carbocycles. The summed E-state index contributed by atoms with van der Waals surface area (Å²) in [6, 6.07) is 7.55. The van der Waals surface area contributed by atoms with E-state index < -0.39 is 28.4 Å². The van der Waals surface area contributed by atoms with Crippen LogP contribution in [0.5, 0.6) is 11.5 Å². The van der Waals surface area contributed by atoms with Crippen molar-refractivity contribution in [2.24, 2.45) is 0 Å². The first-order chi connectivity index (χ1) is 12.8. The van der Waals surface area contributed by atoms with Gasteiger partial charge >= 0.3 is 0 Å². The number of methoxy groups -OCH3 is 1. The Morgan fingerprint density at radius 3 is 2.59 bits per heavy atom. The maximum absolute atomic E-state index is 12.6. The average molecular weight is 372 g/mol. The number of nitro groups is 1. The molecule has 0 saturated carbocycles.